The number of hydrogen-bond donors (Lipinski definition) is 0. The Morgan fingerprint density at radius 2 is 2.19 bits per heavy atom. The fraction of sp³-hybridized carbons (Fsp3) is 0.250. The zero-order chi connectivity index (χ0) is 19.0. The van der Waals surface area contributed by atoms with E-state index in [4.69, 9.17) is 21.1 Å². The van der Waals surface area contributed by atoms with Gasteiger partial charge in [-0.1, -0.05) is 11.6 Å². The molecule has 0 saturated heterocycles. The van der Waals surface area contributed by atoms with Crippen molar-refractivity contribution in [3.8, 4) is 5.75 Å². The molecule has 3 aromatic rings. The van der Waals surface area contributed by atoms with Gasteiger partial charge in [0.2, 0.25) is 0 Å². The van der Waals surface area contributed by atoms with Crippen molar-refractivity contribution >= 4 is 23.2 Å². The van der Waals surface area contributed by atoms with E-state index in [0.717, 1.165) is 16.9 Å². The van der Waals surface area contributed by atoms with E-state index in [0.29, 0.717) is 22.8 Å². The first-order chi connectivity index (χ1) is 13.0. The third kappa shape index (κ3) is 3.66. The Morgan fingerprint density at radius 3 is 3.04 bits per heavy atom. The van der Waals surface area contributed by atoms with Gasteiger partial charge in [0.15, 0.2) is 0 Å². The Labute approximate surface area is 160 Å². The van der Waals surface area contributed by atoms with E-state index in [2.05, 4.69) is 4.98 Å². The number of carbonyl (C=O) groups excluding carboxylic acids is 1. The van der Waals surface area contributed by atoms with Crippen LogP contribution in [0.1, 0.15) is 16.8 Å². The van der Waals surface area contributed by atoms with Gasteiger partial charge < -0.3 is 9.47 Å². The maximum atomic E-state index is 12.4. The van der Waals surface area contributed by atoms with Crippen LogP contribution in [0.4, 0.5) is 0 Å². The molecule has 1 aromatic carbocycles. The maximum absolute atomic E-state index is 12.4. The van der Waals surface area contributed by atoms with Crippen molar-refractivity contribution in [2.45, 2.75) is 20.0 Å². The summed E-state index contributed by atoms with van der Waals surface area (Å²) in [5, 5.41) is 0.600. The maximum Gasteiger partial charge on any atom is 0.313 e. The third-order valence-corrected chi connectivity index (χ3v) is 4.74. The molecule has 0 aliphatic carbocycles. The molecule has 0 amide bonds. The Bertz CT molecular complexity index is 1090. The molecule has 138 valence electrons. The Morgan fingerprint density at radius 1 is 1.33 bits per heavy atom. The van der Waals surface area contributed by atoms with Crippen LogP contribution in [-0.4, -0.2) is 22.0 Å². The Balaban J connectivity index is 1.47. The molecule has 27 heavy (non-hydrogen) atoms. The molecule has 0 bridgehead atoms. The standard InChI is InChI=1S/C20H17ClN2O4/c1-12-4-5-23-18(6-12)22-16(9-19(23)24)11-27-20(25)14-7-13-8-15(21)2-3-17(13)26-10-14/h2-6,8-9,14H,7,10-11H2,1H3. The van der Waals surface area contributed by atoms with Crippen molar-refractivity contribution in [3.63, 3.8) is 0 Å². The molecule has 1 unspecified atom stereocenters. The lowest BCUT2D eigenvalue weighted by molar-refractivity contribution is -0.151. The van der Waals surface area contributed by atoms with Gasteiger partial charge in [0.05, 0.1) is 11.6 Å². The summed E-state index contributed by atoms with van der Waals surface area (Å²) in [6.45, 7) is 2.11. The lowest BCUT2D eigenvalue weighted by atomic mass is 9.97. The topological polar surface area (TPSA) is 69.9 Å². The molecule has 7 heteroatoms. The van der Waals surface area contributed by atoms with Crippen LogP contribution in [0.3, 0.4) is 0 Å². The summed E-state index contributed by atoms with van der Waals surface area (Å²) < 4.78 is 12.5. The summed E-state index contributed by atoms with van der Waals surface area (Å²) in [4.78, 5) is 29.0. The number of rotatable bonds is 3. The minimum Gasteiger partial charge on any atom is -0.492 e. The summed E-state index contributed by atoms with van der Waals surface area (Å²) in [6.07, 6.45) is 2.18. The van der Waals surface area contributed by atoms with E-state index in [9.17, 15) is 9.59 Å². The number of fused-ring (bicyclic) bond motifs is 2. The fourth-order valence-electron chi connectivity index (χ4n) is 3.11. The number of carbonyl (C=O) groups is 1. The number of hydrogen-bond acceptors (Lipinski definition) is 5. The fourth-order valence-corrected chi connectivity index (χ4v) is 3.30. The number of esters is 1. The largest absolute Gasteiger partial charge is 0.492 e. The van der Waals surface area contributed by atoms with Gasteiger partial charge in [0.25, 0.3) is 5.56 Å². The van der Waals surface area contributed by atoms with Crippen molar-refractivity contribution in [3.05, 3.63) is 74.8 Å². The highest BCUT2D eigenvalue weighted by molar-refractivity contribution is 6.30. The van der Waals surface area contributed by atoms with E-state index in [1.807, 2.05) is 19.1 Å². The van der Waals surface area contributed by atoms with Gasteiger partial charge in [-0.3, -0.25) is 14.0 Å². The van der Waals surface area contributed by atoms with Gasteiger partial charge in [0.1, 0.15) is 24.6 Å². The van der Waals surface area contributed by atoms with Crippen LogP contribution in [0, 0.1) is 12.8 Å². The zero-order valence-electron chi connectivity index (χ0n) is 14.6. The quantitative estimate of drug-likeness (QED) is 0.649. The lowest BCUT2D eigenvalue weighted by Crippen LogP contribution is -2.30. The number of halogens is 1. The van der Waals surface area contributed by atoms with Gasteiger partial charge in [-0.15, -0.1) is 0 Å². The molecule has 0 spiro atoms. The number of ether oxygens (including phenoxy) is 2. The molecular formula is C20H17ClN2O4. The molecule has 0 saturated carbocycles. The predicted molar refractivity (Wildman–Crippen MR) is 100 cm³/mol. The molecule has 1 aliphatic rings. The zero-order valence-corrected chi connectivity index (χ0v) is 15.4. The highest BCUT2D eigenvalue weighted by Gasteiger charge is 2.27. The first kappa shape index (κ1) is 17.5. The molecule has 3 heterocycles. The molecule has 1 aliphatic heterocycles. The van der Waals surface area contributed by atoms with Gasteiger partial charge >= 0.3 is 5.97 Å². The Kier molecular flexibility index (Phi) is 4.58. The lowest BCUT2D eigenvalue weighted by Gasteiger charge is -2.24. The third-order valence-electron chi connectivity index (χ3n) is 4.50. The van der Waals surface area contributed by atoms with Gasteiger partial charge in [-0.05, 0) is 54.8 Å². The number of aromatic nitrogens is 2. The smallest absolute Gasteiger partial charge is 0.313 e. The second-order valence-electron chi connectivity index (χ2n) is 6.59. The summed E-state index contributed by atoms with van der Waals surface area (Å²) in [6, 6.07) is 10.4. The highest BCUT2D eigenvalue weighted by atomic mass is 35.5. The number of benzene rings is 1. The van der Waals surface area contributed by atoms with Crippen LogP contribution in [0.25, 0.3) is 5.65 Å². The van der Waals surface area contributed by atoms with Crippen molar-refractivity contribution in [1.29, 1.82) is 0 Å². The van der Waals surface area contributed by atoms with Gasteiger partial charge in [-0.2, -0.15) is 0 Å². The van der Waals surface area contributed by atoms with Crippen molar-refractivity contribution in [1.82, 2.24) is 9.38 Å². The van der Waals surface area contributed by atoms with E-state index in [1.165, 1.54) is 10.5 Å². The van der Waals surface area contributed by atoms with Crippen LogP contribution >= 0.6 is 11.6 Å². The normalized spacial score (nSPS) is 15.9. The molecule has 4 rings (SSSR count). The SMILES string of the molecule is Cc1ccn2c(=O)cc(COC(=O)C3COc4ccc(Cl)cc4C3)nc2c1. The summed E-state index contributed by atoms with van der Waals surface area (Å²) in [5.41, 5.74) is 2.61. The molecule has 0 fully saturated rings. The van der Waals surface area contributed by atoms with Gasteiger partial charge in [0, 0.05) is 17.3 Å². The number of aryl methyl sites for hydroxylation is 1. The van der Waals surface area contributed by atoms with E-state index in [1.54, 1.807) is 24.4 Å². The molecule has 0 N–H and O–H groups in total. The van der Waals surface area contributed by atoms with E-state index >= 15 is 0 Å². The summed E-state index contributed by atoms with van der Waals surface area (Å²) >= 11 is 6.01. The summed E-state index contributed by atoms with van der Waals surface area (Å²) in [5.74, 6) is -0.0605. The minimum atomic E-state index is -0.417. The monoisotopic (exact) mass is 384 g/mol. The molecule has 2 aromatic heterocycles. The van der Waals surface area contributed by atoms with Crippen LogP contribution in [0.5, 0.6) is 5.75 Å². The van der Waals surface area contributed by atoms with Crippen LogP contribution in [-0.2, 0) is 22.6 Å². The second kappa shape index (κ2) is 7.04. The van der Waals surface area contributed by atoms with E-state index < -0.39 is 5.92 Å². The molecule has 1 atom stereocenters. The van der Waals surface area contributed by atoms with Crippen molar-refractivity contribution in [2.75, 3.05) is 6.61 Å². The van der Waals surface area contributed by atoms with Gasteiger partial charge in [-0.25, -0.2) is 4.98 Å². The Hall–Kier alpha value is -2.86. The average molecular weight is 385 g/mol. The summed E-state index contributed by atoms with van der Waals surface area (Å²) in [7, 11) is 0. The molecule has 6 nitrogen and oxygen atoms in total. The number of pyridine rings is 1. The predicted octanol–water partition coefficient (Wildman–Crippen LogP) is 2.95. The minimum absolute atomic E-state index is 0.0581. The molecule has 0 radical (unpaired) electrons. The second-order valence-corrected chi connectivity index (χ2v) is 7.03. The van der Waals surface area contributed by atoms with Crippen LogP contribution < -0.4 is 10.3 Å². The highest BCUT2D eigenvalue weighted by Crippen LogP contribution is 2.30. The first-order valence-electron chi connectivity index (χ1n) is 8.56. The van der Waals surface area contributed by atoms with Crippen molar-refractivity contribution < 1.29 is 14.3 Å². The van der Waals surface area contributed by atoms with E-state index in [-0.39, 0.29) is 24.7 Å². The average Bonchev–Trinajstić information content (AvgIpc) is 2.65. The van der Waals surface area contributed by atoms with Crippen LogP contribution in [0.15, 0.2) is 47.4 Å². The number of nitrogens with zero attached hydrogens (tertiary/aromatic N) is 2. The molecular weight excluding hydrogens is 368 g/mol. The van der Waals surface area contributed by atoms with Crippen LogP contribution in [0.2, 0.25) is 5.02 Å². The first-order valence-corrected chi connectivity index (χ1v) is 8.94. The van der Waals surface area contributed by atoms with Crippen molar-refractivity contribution in [2.24, 2.45) is 5.92 Å².